The molecule has 1 rings (SSSR count). The number of carbonyl (C=O) groups is 1. The van der Waals surface area contributed by atoms with Crippen molar-refractivity contribution < 1.29 is 4.79 Å². The van der Waals surface area contributed by atoms with Crippen LogP contribution in [-0.4, -0.2) is 11.9 Å². The lowest BCUT2D eigenvalue weighted by atomic mass is 10.2. The van der Waals surface area contributed by atoms with Crippen LogP contribution >= 0.6 is 28.3 Å². The molecule has 0 radical (unpaired) electrons. The number of nitrogens with two attached hydrogens (primary N) is 1. The van der Waals surface area contributed by atoms with E-state index in [0.29, 0.717) is 0 Å². The Morgan fingerprint density at radius 2 is 2.13 bits per heavy atom. The van der Waals surface area contributed by atoms with Crippen LogP contribution in [0.1, 0.15) is 12.5 Å². The molecule has 15 heavy (non-hydrogen) atoms. The Morgan fingerprint density at radius 3 is 2.60 bits per heavy atom. The molecule has 0 aliphatic heterocycles. The molecule has 0 aromatic heterocycles. The molecule has 0 saturated carbocycles. The predicted octanol–water partition coefficient (Wildman–Crippen LogP) is 2.47. The third-order valence-corrected chi connectivity index (χ3v) is 2.35. The largest absolute Gasteiger partial charge is 0.325 e. The summed E-state index contributed by atoms with van der Waals surface area (Å²) in [6.07, 6.45) is 0. The van der Waals surface area contributed by atoms with E-state index in [1.54, 1.807) is 6.92 Å². The number of amides is 1. The Labute approximate surface area is 104 Å². The topological polar surface area (TPSA) is 55.1 Å². The first-order chi connectivity index (χ1) is 6.50. The maximum atomic E-state index is 11.3. The Bertz CT molecular complexity index is 355. The number of hydrogen-bond acceptors (Lipinski definition) is 2. The van der Waals surface area contributed by atoms with Gasteiger partial charge in [-0.1, -0.05) is 15.9 Å². The standard InChI is InChI=1S/C10H13BrN2O.ClH/c1-6-5-8(11)3-4-9(6)13-10(14)7(2)12;/h3-5,7H,12H2,1-2H3,(H,13,14);1H/t7-;/m0./s1. The molecular weight excluding hydrogens is 279 g/mol. The molecule has 0 saturated heterocycles. The van der Waals surface area contributed by atoms with Crippen LogP contribution in [0.3, 0.4) is 0 Å². The van der Waals surface area contributed by atoms with E-state index in [9.17, 15) is 4.79 Å². The van der Waals surface area contributed by atoms with Gasteiger partial charge < -0.3 is 11.1 Å². The zero-order valence-electron chi connectivity index (χ0n) is 8.58. The van der Waals surface area contributed by atoms with E-state index >= 15 is 0 Å². The van der Waals surface area contributed by atoms with Crippen molar-refractivity contribution in [2.75, 3.05) is 5.32 Å². The molecule has 5 heteroatoms. The third kappa shape index (κ3) is 4.20. The average Bonchev–Trinajstić information content (AvgIpc) is 2.09. The average molecular weight is 294 g/mol. The quantitative estimate of drug-likeness (QED) is 0.880. The summed E-state index contributed by atoms with van der Waals surface area (Å²) in [6.45, 7) is 3.59. The number of nitrogens with one attached hydrogen (secondary N) is 1. The Hall–Kier alpha value is -0.580. The Kier molecular flexibility index (Phi) is 5.87. The smallest absolute Gasteiger partial charge is 0.241 e. The summed E-state index contributed by atoms with van der Waals surface area (Å²) in [5, 5.41) is 2.75. The van der Waals surface area contributed by atoms with E-state index in [1.165, 1.54) is 0 Å². The number of halogens is 2. The van der Waals surface area contributed by atoms with Gasteiger partial charge in [-0.15, -0.1) is 12.4 Å². The Morgan fingerprint density at radius 1 is 1.53 bits per heavy atom. The molecule has 0 fully saturated rings. The van der Waals surface area contributed by atoms with Gasteiger partial charge in [0.05, 0.1) is 6.04 Å². The zero-order valence-corrected chi connectivity index (χ0v) is 11.0. The summed E-state index contributed by atoms with van der Waals surface area (Å²) in [5.41, 5.74) is 7.25. The molecule has 3 N–H and O–H groups in total. The zero-order chi connectivity index (χ0) is 10.7. The van der Waals surface area contributed by atoms with Crippen LogP contribution in [0.5, 0.6) is 0 Å². The van der Waals surface area contributed by atoms with Gasteiger partial charge in [0.25, 0.3) is 0 Å². The van der Waals surface area contributed by atoms with Gasteiger partial charge in [-0.2, -0.15) is 0 Å². The Balaban J connectivity index is 0.00000196. The summed E-state index contributed by atoms with van der Waals surface area (Å²) in [5.74, 6) is -0.171. The van der Waals surface area contributed by atoms with Crippen LogP contribution in [0.4, 0.5) is 5.69 Å². The molecule has 1 atom stereocenters. The van der Waals surface area contributed by atoms with Crippen molar-refractivity contribution in [3.05, 3.63) is 28.2 Å². The van der Waals surface area contributed by atoms with E-state index in [1.807, 2.05) is 25.1 Å². The van der Waals surface area contributed by atoms with Crippen LogP contribution in [0.2, 0.25) is 0 Å². The summed E-state index contributed by atoms with van der Waals surface area (Å²) >= 11 is 3.35. The summed E-state index contributed by atoms with van der Waals surface area (Å²) in [6, 6.07) is 5.18. The lowest BCUT2D eigenvalue weighted by Crippen LogP contribution is -2.32. The predicted molar refractivity (Wildman–Crippen MR) is 68.4 cm³/mol. The maximum absolute atomic E-state index is 11.3. The van der Waals surface area contributed by atoms with Crippen molar-refractivity contribution in [3.8, 4) is 0 Å². The van der Waals surface area contributed by atoms with E-state index in [4.69, 9.17) is 5.73 Å². The van der Waals surface area contributed by atoms with E-state index < -0.39 is 6.04 Å². The number of hydrogen-bond donors (Lipinski definition) is 2. The summed E-state index contributed by atoms with van der Waals surface area (Å²) in [7, 11) is 0. The number of aryl methyl sites for hydroxylation is 1. The van der Waals surface area contributed by atoms with Crippen molar-refractivity contribution in [2.24, 2.45) is 5.73 Å². The van der Waals surface area contributed by atoms with Crippen LogP contribution in [0.15, 0.2) is 22.7 Å². The minimum absolute atomic E-state index is 0. The molecule has 0 spiro atoms. The summed E-state index contributed by atoms with van der Waals surface area (Å²) in [4.78, 5) is 11.3. The van der Waals surface area contributed by atoms with Gasteiger partial charge in [-0.25, -0.2) is 0 Å². The monoisotopic (exact) mass is 292 g/mol. The van der Waals surface area contributed by atoms with Gasteiger partial charge in [0.2, 0.25) is 5.91 Å². The fourth-order valence-corrected chi connectivity index (χ4v) is 1.49. The fourth-order valence-electron chi connectivity index (χ4n) is 1.01. The van der Waals surface area contributed by atoms with E-state index in [2.05, 4.69) is 21.2 Å². The van der Waals surface area contributed by atoms with Gasteiger partial charge in [-0.3, -0.25) is 4.79 Å². The molecule has 0 unspecified atom stereocenters. The molecule has 1 aromatic rings. The fraction of sp³-hybridized carbons (Fsp3) is 0.300. The molecule has 0 heterocycles. The van der Waals surface area contributed by atoms with Crippen LogP contribution in [0, 0.1) is 6.92 Å². The summed E-state index contributed by atoms with van der Waals surface area (Å²) < 4.78 is 0.994. The van der Waals surface area contributed by atoms with Crippen molar-refractivity contribution >= 4 is 39.9 Å². The highest BCUT2D eigenvalue weighted by atomic mass is 79.9. The lowest BCUT2D eigenvalue weighted by Gasteiger charge is -2.10. The van der Waals surface area contributed by atoms with E-state index in [-0.39, 0.29) is 18.3 Å². The lowest BCUT2D eigenvalue weighted by molar-refractivity contribution is -0.117. The van der Waals surface area contributed by atoms with Crippen molar-refractivity contribution in [2.45, 2.75) is 19.9 Å². The van der Waals surface area contributed by atoms with Gasteiger partial charge >= 0.3 is 0 Å². The highest BCUT2D eigenvalue weighted by molar-refractivity contribution is 9.10. The highest BCUT2D eigenvalue weighted by Crippen LogP contribution is 2.19. The number of benzene rings is 1. The number of rotatable bonds is 2. The van der Waals surface area contributed by atoms with Crippen molar-refractivity contribution in [1.82, 2.24) is 0 Å². The molecule has 3 nitrogen and oxygen atoms in total. The van der Waals surface area contributed by atoms with Gasteiger partial charge in [0.1, 0.15) is 0 Å². The van der Waals surface area contributed by atoms with Crippen molar-refractivity contribution in [3.63, 3.8) is 0 Å². The minimum atomic E-state index is -0.488. The third-order valence-electron chi connectivity index (χ3n) is 1.86. The van der Waals surface area contributed by atoms with Crippen LogP contribution in [0.25, 0.3) is 0 Å². The maximum Gasteiger partial charge on any atom is 0.241 e. The normalized spacial score (nSPS) is 11.5. The van der Waals surface area contributed by atoms with E-state index in [0.717, 1.165) is 15.7 Å². The molecule has 84 valence electrons. The second-order valence-electron chi connectivity index (χ2n) is 3.24. The first-order valence-corrected chi connectivity index (χ1v) is 5.12. The molecule has 0 aliphatic rings. The highest BCUT2D eigenvalue weighted by Gasteiger charge is 2.08. The molecule has 0 aliphatic carbocycles. The van der Waals surface area contributed by atoms with Gasteiger partial charge in [0.15, 0.2) is 0 Å². The second-order valence-corrected chi connectivity index (χ2v) is 4.15. The second kappa shape index (κ2) is 6.10. The van der Waals surface area contributed by atoms with Gasteiger partial charge in [0, 0.05) is 10.2 Å². The molecule has 0 bridgehead atoms. The van der Waals surface area contributed by atoms with Crippen LogP contribution < -0.4 is 11.1 Å². The number of anilines is 1. The molecule has 1 amide bonds. The van der Waals surface area contributed by atoms with Gasteiger partial charge in [-0.05, 0) is 37.6 Å². The van der Waals surface area contributed by atoms with Crippen molar-refractivity contribution in [1.29, 1.82) is 0 Å². The van der Waals surface area contributed by atoms with Crippen LogP contribution in [-0.2, 0) is 4.79 Å². The molecule has 1 aromatic carbocycles. The SMILES string of the molecule is Cc1cc(Br)ccc1NC(=O)[C@H](C)N.Cl. The molecular formula is C10H14BrClN2O. The first-order valence-electron chi connectivity index (χ1n) is 4.33. The number of carbonyl (C=O) groups excluding carboxylic acids is 1. The first kappa shape index (κ1) is 14.4. The minimum Gasteiger partial charge on any atom is -0.325 e.